The highest BCUT2D eigenvalue weighted by molar-refractivity contribution is 7.80. The minimum atomic E-state index is -0.903. The highest BCUT2D eigenvalue weighted by Crippen LogP contribution is 2.30. The number of nitrogens with zero attached hydrogens (tertiary/aromatic N) is 2. The number of thiocarbonyl (C=S) groups is 1. The molecule has 4 rings (SSSR count). The molecule has 1 heterocycles. The van der Waals surface area contributed by atoms with Crippen molar-refractivity contribution in [3.8, 4) is 0 Å². The van der Waals surface area contributed by atoms with Crippen LogP contribution in [0.15, 0.2) is 77.8 Å². The van der Waals surface area contributed by atoms with E-state index < -0.39 is 6.17 Å². The van der Waals surface area contributed by atoms with E-state index in [0.717, 1.165) is 22.5 Å². The second-order valence-corrected chi connectivity index (χ2v) is 10.1. The van der Waals surface area contributed by atoms with Crippen molar-refractivity contribution in [2.45, 2.75) is 32.4 Å². The summed E-state index contributed by atoms with van der Waals surface area (Å²) in [7, 11) is 1.73. The van der Waals surface area contributed by atoms with Crippen molar-refractivity contribution in [1.29, 1.82) is 0 Å². The molecule has 3 aromatic carbocycles. The van der Waals surface area contributed by atoms with Crippen LogP contribution in [0.5, 0.6) is 0 Å². The largest absolute Gasteiger partial charge is 0.333 e. The first-order valence-electron chi connectivity index (χ1n) is 11.0. The van der Waals surface area contributed by atoms with Crippen molar-refractivity contribution in [3.05, 3.63) is 94.5 Å². The average Bonchev–Trinajstić information content (AvgIpc) is 2.90. The number of amides is 1. The normalized spacial score (nSPS) is 15.8. The highest BCUT2D eigenvalue weighted by Gasteiger charge is 2.30. The van der Waals surface area contributed by atoms with E-state index >= 15 is 0 Å². The van der Waals surface area contributed by atoms with Crippen molar-refractivity contribution < 1.29 is 4.79 Å². The Bertz CT molecular complexity index is 1250. The van der Waals surface area contributed by atoms with E-state index in [-0.39, 0.29) is 11.3 Å². The van der Waals surface area contributed by atoms with Gasteiger partial charge in [-0.05, 0) is 53.5 Å². The number of likely N-dealkylation sites (N-methyl/N-ethyl adjacent to an activating group) is 1. The number of benzene rings is 3. The molecule has 0 saturated heterocycles. The fraction of sp³-hybridized carbons (Fsp3) is 0.222. The van der Waals surface area contributed by atoms with Crippen LogP contribution < -0.4 is 15.5 Å². The van der Waals surface area contributed by atoms with Gasteiger partial charge in [-0.1, -0.05) is 74.8 Å². The summed E-state index contributed by atoms with van der Waals surface area (Å²) in [5.74, 6) is -0.221. The molecule has 7 heteroatoms. The van der Waals surface area contributed by atoms with Crippen LogP contribution in [0.25, 0.3) is 0 Å². The lowest BCUT2D eigenvalue weighted by atomic mass is 9.87. The van der Waals surface area contributed by atoms with Crippen LogP contribution in [0.4, 0.5) is 11.4 Å². The summed E-state index contributed by atoms with van der Waals surface area (Å²) in [6, 6.07) is 23.3. The van der Waals surface area contributed by atoms with Gasteiger partial charge in [0.05, 0.1) is 11.4 Å². The Morgan fingerprint density at radius 3 is 2.35 bits per heavy atom. The average molecular weight is 491 g/mol. The van der Waals surface area contributed by atoms with Crippen LogP contribution in [-0.2, 0) is 10.2 Å². The summed E-state index contributed by atoms with van der Waals surface area (Å²) >= 11 is 11.9. The van der Waals surface area contributed by atoms with E-state index in [1.54, 1.807) is 18.0 Å². The summed E-state index contributed by atoms with van der Waals surface area (Å²) in [6.07, 6.45) is -0.903. The molecule has 1 amide bonds. The predicted molar refractivity (Wildman–Crippen MR) is 145 cm³/mol. The lowest BCUT2D eigenvalue weighted by Crippen LogP contribution is -2.47. The summed E-state index contributed by atoms with van der Waals surface area (Å²) in [5, 5.41) is 7.15. The van der Waals surface area contributed by atoms with Gasteiger partial charge in [0.15, 0.2) is 5.11 Å². The number of carbonyl (C=O) groups excluding carboxylic acids is 1. The van der Waals surface area contributed by atoms with Crippen LogP contribution in [0.3, 0.4) is 0 Å². The Balaban J connectivity index is 1.64. The Kier molecular flexibility index (Phi) is 6.73. The molecule has 1 aliphatic heterocycles. The monoisotopic (exact) mass is 490 g/mol. The van der Waals surface area contributed by atoms with Crippen molar-refractivity contribution in [3.63, 3.8) is 0 Å². The number of fused-ring (bicyclic) bond motifs is 1. The summed E-state index contributed by atoms with van der Waals surface area (Å²) < 4.78 is 0. The molecule has 2 N–H and O–H groups in total. The zero-order chi connectivity index (χ0) is 24.5. The molecule has 0 saturated carbocycles. The molecule has 0 spiro atoms. The van der Waals surface area contributed by atoms with Gasteiger partial charge in [-0.3, -0.25) is 4.79 Å². The van der Waals surface area contributed by atoms with Crippen molar-refractivity contribution >= 4 is 51.9 Å². The molecule has 0 radical (unpaired) electrons. The van der Waals surface area contributed by atoms with Crippen LogP contribution in [-0.4, -0.2) is 29.9 Å². The Morgan fingerprint density at radius 2 is 1.71 bits per heavy atom. The molecule has 0 fully saturated rings. The molecule has 1 unspecified atom stereocenters. The zero-order valence-corrected chi connectivity index (χ0v) is 21.2. The Labute approximate surface area is 210 Å². The van der Waals surface area contributed by atoms with E-state index in [1.165, 1.54) is 5.56 Å². The van der Waals surface area contributed by atoms with Gasteiger partial charge in [-0.15, -0.1) is 0 Å². The van der Waals surface area contributed by atoms with Gasteiger partial charge >= 0.3 is 0 Å². The maximum Gasteiger partial charge on any atom is 0.272 e. The number of hydrogen-bond donors (Lipinski definition) is 2. The van der Waals surface area contributed by atoms with E-state index in [9.17, 15) is 4.79 Å². The minimum absolute atomic E-state index is 0.0646. The molecule has 34 heavy (non-hydrogen) atoms. The summed E-state index contributed by atoms with van der Waals surface area (Å²) in [4.78, 5) is 19.8. The van der Waals surface area contributed by atoms with E-state index in [2.05, 4.69) is 43.5 Å². The lowest BCUT2D eigenvalue weighted by Gasteiger charge is -2.22. The summed E-state index contributed by atoms with van der Waals surface area (Å²) in [6.45, 7) is 6.51. The quantitative estimate of drug-likeness (QED) is 0.458. The number of benzodiazepines with no additional fused rings is 1. The highest BCUT2D eigenvalue weighted by atomic mass is 35.5. The molecule has 3 aromatic rings. The third kappa shape index (κ3) is 5.13. The van der Waals surface area contributed by atoms with Crippen molar-refractivity contribution in [1.82, 2.24) is 5.32 Å². The van der Waals surface area contributed by atoms with Gasteiger partial charge in [0.2, 0.25) is 6.17 Å². The van der Waals surface area contributed by atoms with E-state index in [1.807, 2.05) is 54.6 Å². The van der Waals surface area contributed by atoms with Crippen LogP contribution in [0.2, 0.25) is 5.02 Å². The number of nitrogens with one attached hydrogen (secondary N) is 2. The second kappa shape index (κ2) is 9.57. The smallest absolute Gasteiger partial charge is 0.272 e. The standard InChI is InChI=1S/C27H27ClN4OS/c1-27(2,3)18-10-13-20(14-11-18)29-26(34)31-24-25(33)32(4)22-15-12-19(28)16-21(22)23(30-24)17-8-6-5-7-9-17/h5-16,24H,1-4H3,(H2,29,31,34). The topological polar surface area (TPSA) is 56.7 Å². The fourth-order valence-electron chi connectivity index (χ4n) is 3.81. The molecule has 0 aromatic heterocycles. The van der Waals surface area contributed by atoms with E-state index in [0.29, 0.717) is 15.8 Å². The first kappa shape index (κ1) is 23.9. The number of rotatable bonds is 3. The lowest BCUT2D eigenvalue weighted by molar-refractivity contribution is -0.119. The number of hydrogen-bond acceptors (Lipinski definition) is 3. The third-order valence-electron chi connectivity index (χ3n) is 5.72. The third-order valence-corrected chi connectivity index (χ3v) is 6.18. The molecule has 0 aliphatic carbocycles. The fourth-order valence-corrected chi connectivity index (χ4v) is 4.21. The first-order valence-corrected chi connectivity index (χ1v) is 11.8. The van der Waals surface area contributed by atoms with E-state index in [4.69, 9.17) is 28.8 Å². The molecule has 5 nitrogen and oxygen atoms in total. The summed E-state index contributed by atoms with van der Waals surface area (Å²) in [5.41, 5.74) is 5.21. The molecular weight excluding hydrogens is 464 g/mol. The number of halogens is 1. The maximum absolute atomic E-state index is 13.3. The Morgan fingerprint density at radius 1 is 1.03 bits per heavy atom. The van der Waals surface area contributed by atoms with Crippen LogP contribution >= 0.6 is 23.8 Å². The maximum atomic E-state index is 13.3. The van der Waals surface area contributed by atoms with Gasteiger partial charge in [0.25, 0.3) is 5.91 Å². The second-order valence-electron chi connectivity index (χ2n) is 9.23. The van der Waals surface area contributed by atoms with Crippen LogP contribution in [0.1, 0.15) is 37.5 Å². The molecule has 174 valence electrons. The number of aliphatic imine (C=N–C) groups is 1. The predicted octanol–water partition coefficient (Wildman–Crippen LogP) is 5.76. The van der Waals surface area contributed by atoms with Gasteiger partial charge < -0.3 is 15.5 Å². The van der Waals surface area contributed by atoms with Gasteiger partial charge in [0, 0.05) is 28.9 Å². The molecule has 1 atom stereocenters. The SMILES string of the molecule is CN1C(=O)C(NC(=S)Nc2ccc(C(C)(C)C)cc2)N=C(c2ccccc2)c2cc(Cl)ccc21. The Hall–Kier alpha value is -3.22. The van der Waals surface area contributed by atoms with Gasteiger partial charge in [-0.25, -0.2) is 4.99 Å². The number of anilines is 2. The van der Waals surface area contributed by atoms with Crippen molar-refractivity contribution in [2.75, 3.05) is 17.3 Å². The number of carbonyl (C=O) groups is 1. The molecule has 1 aliphatic rings. The molecule has 0 bridgehead atoms. The van der Waals surface area contributed by atoms with Crippen molar-refractivity contribution in [2.24, 2.45) is 4.99 Å². The minimum Gasteiger partial charge on any atom is -0.333 e. The van der Waals surface area contributed by atoms with Gasteiger partial charge in [-0.2, -0.15) is 0 Å². The van der Waals surface area contributed by atoms with Gasteiger partial charge in [0.1, 0.15) is 0 Å². The molecular formula is C27H27ClN4OS. The zero-order valence-electron chi connectivity index (χ0n) is 19.6. The first-order chi connectivity index (χ1) is 16.1. The van der Waals surface area contributed by atoms with Crippen LogP contribution in [0, 0.1) is 0 Å².